The van der Waals surface area contributed by atoms with Crippen LogP contribution in [0.2, 0.25) is 0 Å². The summed E-state index contributed by atoms with van der Waals surface area (Å²) in [4.78, 5) is 24.8. The highest BCUT2D eigenvalue weighted by atomic mass is 16.5. The van der Waals surface area contributed by atoms with Crippen molar-refractivity contribution in [2.24, 2.45) is 0 Å². The monoisotopic (exact) mass is 526 g/mol. The number of hydrogen-bond donors (Lipinski definition) is 2. The summed E-state index contributed by atoms with van der Waals surface area (Å²) in [5.41, 5.74) is 3.45. The molecule has 40 heavy (non-hydrogen) atoms. The standard InChI is InChI=1S/C34H26N2O4/c37-33(35-21-23-10-14-26(15-11-23)34(38)39)31-20-30(40-29-8-2-1-3-9-29)19-28-16-17-36(32(28)31)22-24-12-13-25-6-4-5-7-27(25)18-24/h1-20H,21-22H2,(H,35,37)(H,38,39). The molecule has 0 aliphatic heterocycles. The zero-order valence-corrected chi connectivity index (χ0v) is 21.6. The van der Waals surface area contributed by atoms with Crippen LogP contribution >= 0.6 is 0 Å². The third-order valence-corrected chi connectivity index (χ3v) is 6.88. The molecule has 0 fully saturated rings. The summed E-state index contributed by atoms with van der Waals surface area (Å²) < 4.78 is 8.19. The van der Waals surface area contributed by atoms with Gasteiger partial charge in [-0.2, -0.15) is 0 Å². The van der Waals surface area contributed by atoms with Crippen LogP contribution in [-0.4, -0.2) is 21.6 Å². The molecule has 196 valence electrons. The van der Waals surface area contributed by atoms with Crippen molar-refractivity contribution in [3.8, 4) is 11.5 Å². The molecule has 0 saturated heterocycles. The van der Waals surface area contributed by atoms with Gasteiger partial charge in [0.2, 0.25) is 0 Å². The Balaban J connectivity index is 1.34. The number of carbonyl (C=O) groups excluding carboxylic acids is 1. The molecule has 2 N–H and O–H groups in total. The molecule has 5 aromatic carbocycles. The Labute approximate surface area is 231 Å². The number of hydrogen-bond acceptors (Lipinski definition) is 3. The molecule has 1 aromatic heterocycles. The van der Waals surface area contributed by atoms with Crippen LogP contribution in [0.4, 0.5) is 0 Å². The molecule has 1 heterocycles. The first-order chi connectivity index (χ1) is 19.5. The van der Waals surface area contributed by atoms with Crippen molar-refractivity contribution in [3.05, 3.63) is 144 Å². The van der Waals surface area contributed by atoms with Gasteiger partial charge < -0.3 is 19.7 Å². The smallest absolute Gasteiger partial charge is 0.335 e. The molecular formula is C34H26N2O4. The second kappa shape index (κ2) is 10.8. The third-order valence-electron chi connectivity index (χ3n) is 6.88. The Bertz CT molecular complexity index is 1840. The summed E-state index contributed by atoms with van der Waals surface area (Å²) in [7, 11) is 0. The lowest BCUT2D eigenvalue weighted by molar-refractivity contribution is 0.0696. The highest BCUT2D eigenvalue weighted by Gasteiger charge is 2.17. The van der Waals surface area contributed by atoms with Gasteiger partial charge in [0, 0.05) is 24.7 Å². The number of aromatic nitrogens is 1. The van der Waals surface area contributed by atoms with Crippen LogP contribution < -0.4 is 10.1 Å². The number of para-hydroxylation sites is 1. The van der Waals surface area contributed by atoms with Crippen molar-refractivity contribution >= 4 is 33.6 Å². The van der Waals surface area contributed by atoms with Crippen LogP contribution in [0.5, 0.6) is 11.5 Å². The molecule has 0 aliphatic rings. The predicted octanol–water partition coefficient (Wildman–Crippen LogP) is 7.26. The maximum Gasteiger partial charge on any atom is 0.335 e. The number of nitrogens with one attached hydrogen (secondary N) is 1. The lowest BCUT2D eigenvalue weighted by atomic mass is 10.1. The molecule has 6 heteroatoms. The fourth-order valence-electron chi connectivity index (χ4n) is 4.89. The maximum absolute atomic E-state index is 13.6. The normalized spacial score (nSPS) is 11.0. The van der Waals surface area contributed by atoms with Gasteiger partial charge in [-0.1, -0.05) is 66.7 Å². The number of carboxylic acid groups (broad SMARTS) is 1. The number of aromatic carboxylic acids is 1. The first kappa shape index (κ1) is 24.9. The average molecular weight is 527 g/mol. The molecule has 6 rings (SSSR count). The van der Waals surface area contributed by atoms with Crippen LogP contribution in [0.3, 0.4) is 0 Å². The average Bonchev–Trinajstić information content (AvgIpc) is 3.38. The second-order valence-corrected chi connectivity index (χ2v) is 9.63. The van der Waals surface area contributed by atoms with Gasteiger partial charge in [-0.15, -0.1) is 0 Å². The number of rotatable bonds is 8. The number of benzene rings is 5. The van der Waals surface area contributed by atoms with E-state index in [1.54, 1.807) is 18.2 Å². The number of amides is 1. The highest BCUT2D eigenvalue weighted by Crippen LogP contribution is 2.31. The van der Waals surface area contributed by atoms with Crippen LogP contribution in [0.1, 0.15) is 31.8 Å². The van der Waals surface area contributed by atoms with Gasteiger partial charge in [-0.05, 0) is 70.4 Å². The lowest BCUT2D eigenvalue weighted by Gasteiger charge is -2.14. The van der Waals surface area contributed by atoms with Crippen molar-refractivity contribution in [3.63, 3.8) is 0 Å². The van der Waals surface area contributed by atoms with Crippen LogP contribution in [-0.2, 0) is 13.1 Å². The molecule has 0 radical (unpaired) electrons. The van der Waals surface area contributed by atoms with Crippen molar-refractivity contribution in [2.75, 3.05) is 0 Å². The van der Waals surface area contributed by atoms with E-state index in [4.69, 9.17) is 9.84 Å². The zero-order chi connectivity index (χ0) is 27.5. The first-order valence-corrected chi connectivity index (χ1v) is 13.0. The number of carbonyl (C=O) groups is 2. The van der Waals surface area contributed by atoms with Crippen LogP contribution in [0, 0.1) is 0 Å². The molecule has 0 spiro atoms. The van der Waals surface area contributed by atoms with E-state index in [9.17, 15) is 9.59 Å². The number of ether oxygens (including phenoxy) is 1. The van der Waals surface area contributed by atoms with Crippen LogP contribution in [0.25, 0.3) is 21.7 Å². The topological polar surface area (TPSA) is 80.6 Å². The maximum atomic E-state index is 13.6. The van der Waals surface area contributed by atoms with Crippen molar-refractivity contribution in [1.29, 1.82) is 0 Å². The van der Waals surface area contributed by atoms with Crippen molar-refractivity contribution in [1.82, 2.24) is 9.88 Å². The summed E-state index contributed by atoms with van der Waals surface area (Å²) in [5, 5.41) is 15.4. The van der Waals surface area contributed by atoms with E-state index in [-0.39, 0.29) is 18.0 Å². The molecule has 1 amide bonds. The van der Waals surface area contributed by atoms with Crippen molar-refractivity contribution < 1.29 is 19.4 Å². The summed E-state index contributed by atoms with van der Waals surface area (Å²) in [6, 6.07) is 36.3. The fraction of sp³-hybridized carbons (Fsp3) is 0.0588. The molecule has 0 unspecified atom stereocenters. The Morgan fingerprint density at radius 2 is 1.43 bits per heavy atom. The minimum Gasteiger partial charge on any atom is -0.478 e. The molecule has 0 bridgehead atoms. The minimum atomic E-state index is -0.986. The van der Waals surface area contributed by atoms with Crippen LogP contribution in [0.15, 0.2) is 121 Å². The molecule has 6 nitrogen and oxygen atoms in total. The largest absolute Gasteiger partial charge is 0.478 e. The molecular weight excluding hydrogens is 500 g/mol. The molecule has 0 saturated carbocycles. The Kier molecular flexibility index (Phi) is 6.73. The fourth-order valence-corrected chi connectivity index (χ4v) is 4.89. The number of carboxylic acids is 1. The molecule has 6 aromatic rings. The highest BCUT2D eigenvalue weighted by molar-refractivity contribution is 6.06. The molecule has 0 atom stereocenters. The number of fused-ring (bicyclic) bond motifs is 2. The second-order valence-electron chi connectivity index (χ2n) is 9.63. The van der Waals surface area contributed by atoms with E-state index in [0.717, 1.165) is 22.0 Å². The van der Waals surface area contributed by atoms with E-state index in [1.165, 1.54) is 22.9 Å². The van der Waals surface area contributed by atoms with E-state index in [2.05, 4.69) is 40.2 Å². The quantitative estimate of drug-likeness (QED) is 0.219. The summed E-state index contributed by atoms with van der Waals surface area (Å²) in [5.74, 6) is 0.0186. The zero-order valence-electron chi connectivity index (χ0n) is 21.6. The lowest BCUT2D eigenvalue weighted by Crippen LogP contribution is -2.23. The summed E-state index contributed by atoms with van der Waals surface area (Å²) in [6.45, 7) is 0.861. The van der Waals surface area contributed by atoms with Gasteiger partial charge in [0.1, 0.15) is 11.5 Å². The number of nitrogens with zero attached hydrogens (tertiary/aromatic N) is 1. The Hall–Kier alpha value is -5.36. The molecule has 0 aliphatic carbocycles. The Morgan fingerprint density at radius 3 is 2.20 bits per heavy atom. The van der Waals surface area contributed by atoms with Gasteiger partial charge in [0.15, 0.2) is 0 Å². The van der Waals surface area contributed by atoms with Crippen molar-refractivity contribution in [2.45, 2.75) is 13.1 Å². The van der Waals surface area contributed by atoms with Gasteiger partial charge in [0.05, 0.1) is 16.6 Å². The van der Waals surface area contributed by atoms with Gasteiger partial charge >= 0.3 is 5.97 Å². The predicted molar refractivity (Wildman–Crippen MR) is 156 cm³/mol. The van der Waals surface area contributed by atoms with Gasteiger partial charge in [-0.3, -0.25) is 4.79 Å². The summed E-state index contributed by atoms with van der Waals surface area (Å²) >= 11 is 0. The van der Waals surface area contributed by atoms with E-state index < -0.39 is 5.97 Å². The first-order valence-electron chi connectivity index (χ1n) is 13.0. The minimum absolute atomic E-state index is 0.203. The SMILES string of the molecule is O=C(O)c1ccc(CNC(=O)c2cc(Oc3ccccc3)cc3ccn(Cc4ccc5ccccc5c4)c23)cc1. The Morgan fingerprint density at radius 1 is 0.700 bits per heavy atom. The third kappa shape index (κ3) is 5.28. The van der Waals surface area contributed by atoms with Gasteiger partial charge in [0.25, 0.3) is 5.91 Å². The van der Waals surface area contributed by atoms with E-state index in [1.807, 2.05) is 60.8 Å². The van der Waals surface area contributed by atoms with Gasteiger partial charge in [-0.25, -0.2) is 4.79 Å². The van der Waals surface area contributed by atoms with E-state index >= 15 is 0 Å². The van der Waals surface area contributed by atoms with E-state index in [0.29, 0.717) is 23.6 Å². The summed E-state index contributed by atoms with van der Waals surface area (Å²) in [6.07, 6.45) is 1.99.